The third-order valence-corrected chi connectivity index (χ3v) is 2.98. The van der Waals surface area contributed by atoms with E-state index in [4.69, 9.17) is 10.2 Å². The highest BCUT2D eigenvalue weighted by atomic mass is 16.4. The summed E-state index contributed by atoms with van der Waals surface area (Å²) in [5.41, 5.74) is -0.0666. The molecule has 0 aliphatic heterocycles. The Morgan fingerprint density at radius 2 is 1.61 bits per heavy atom. The van der Waals surface area contributed by atoms with E-state index in [0.29, 0.717) is 0 Å². The van der Waals surface area contributed by atoms with E-state index in [0.717, 1.165) is 0 Å². The lowest BCUT2D eigenvalue weighted by molar-refractivity contribution is -0.147. The van der Waals surface area contributed by atoms with Crippen molar-refractivity contribution in [2.45, 2.75) is 46.6 Å². The number of nitrogens with one attached hydrogen (secondary N) is 1. The van der Waals surface area contributed by atoms with Gasteiger partial charge in [-0.15, -0.1) is 0 Å². The molecular weight excluding hydrogens is 238 g/mol. The second-order valence-electron chi connectivity index (χ2n) is 5.53. The van der Waals surface area contributed by atoms with E-state index >= 15 is 0 Å². The predicted octanol–water partition coefficient (Wildman–Crippen LogP) is 1.10. The smallest absolute Gasteiger partial charge is 0.326 e. The molecule has 0 aliphatic rings. The van der Waals surface area contributed by atoms with E-state index in [2.05, 4.69) is 5.32 Å². The molecule has 0 aliphatic carbocycles. The number of hydrogen-bond acceptors (Lipinski definition) is 3. The molecule has 104 valence electrons. The Morgan fingerprint density at radius 1 is 1.11 bits per heavy atom. The van der Waals surface area contributed by atoms with Crippen molar-refractivity contribution in [3.05, 3.63) is 0 Å². The lowest BCUT2D eigenvalue weighted by Gasteiger charge is -2.27. The van der Waals surface area contributed by atoms with Gasteiger partial charge in [0.2, 0.25) is 5.91 Å². The molecule has 0 aromatic heterocycles. The van der Waals surface area contributed by atoms with Gasteiger partial charge < -0.3 is 15.5 Å². The summed E-state index contributed by atoms with van der Waals surface area (Å²) in [5, 5.41) is 19.6. The van der Waals surface area contributed by atoms with Crippen molar-refractivity contribution < 1.29 is 24.6 Å². The number of carbonyl (C=O) groups is 3. The largest absolute Gasteiger partial charge is 0.481 e. The number of amides is 1. The van der Waals surface area contributed by atoms with Crippen LogP contribution in [0.25, 0.3) is 0 Å². The second-order valence-corrected chi connectivity index (χ2v) is 5.53. The van der Waals surface area contributed by atoms with Crippen molar-refractivity contribution in [1.29, 1.82) is 0 Å². The summed E-state index contributed by atoms with van der Waals surface area (Å²) in [6.45, 7) is 7.84. The van der Waals surface area contributed by atoms with Crippen LogP contribution in [0.2, 0.25) is 0 Å². The summed E-state index contributed by atoms with van der Waals surface area (Å²) in [4.78, 5) is 32.9. The number of carbonyl (C=O) groups excluding carboxylic acids is 1. The van der Waals surface area contributed by atoms with Gasteiger partial charge in [0.25, 0.3) is 0 Å². The molecule has 0 bridgehead atoms. The zero-order valence-corrected chi connectivity index (χ0v) is 11.2. The molecule has 0 rings (SSSR count). The SMILES string of the molecule is CC(CC(=O)N[C@@H](CC(=O)O)C(=O)O)C(C)(C)C. The van der Waals surface area contributed by atoms with Crippen molar-refractivity contribution in [1.82, 2.24) is 5.32 Å². The zero-order chi connectivity index (χ0) is 14.5. The Bertz CT molecular complexity index is 332. The first-order valence-corrected chi connectivity index (χ1v) is 5.78. The molecule has 3 N–H and O–H groups in total. The molecular formula is C12H21NO5. The fraction of sp³-hybridized carbons (Fsp3) is 0.750. The van der Waals surface area contributed by atoms with Crippen molar-refractivity contribution >= 4 is 17.8 Å². The zero-order valence-electron chi connectivity index (χ0n) is 11.2. The maximum atomic E-state index is 11.6. The van der Waals surface area contributed by atoms with E-state index in [1.807, 2.05) is 27.7 Å². The van der Waals surface area contributed by atoms with Crippen LogP contribution in [0.3, 0.4) is 0 Å². The summed E-state index contributed by atoms with van der Waals surface area (Å²) in [7, 11) is 0. The van der Waals surface area contributed by atoms with Crippen LogP contribution in [0.5, 0.6) is 0 Å². The second kappa shape index (κ2) is 6.37. The molecule has 6 nitrogen and oxygen atoms in total. The van der Waals surface area contributed by atoms with Crippen LogP contribution in [-0.2, 0) is 14.4 Å². The Kier molecular flexibility index (Phi) is 5.81. The highest BCUT2D eigenvalue weighted by molar-refractivity contribution is 5.86. The Morgan fingerprint density at radius 3 is 1.94 bits per heavy atom. The van der Waals surface area contributed by atoms with Gasteiger partial charge in [-0.25, -0.2) is 4.79 Å². The van der Waals surface area contributed by atoms with Gasteiger partial charge in [0.15, 0.2) is 0 Å². The fourth-order valence-electron chi connectivity index (χ4n) is 1.21. The minimum atomic E-state index is -1.37. The summed E-state index contributed by atoms with van der Waals surface area (Å²) in [5.74, 6) is -2.97. The third-order valence-electron chi connectivity index (χ3n) is 2.98. The normalized spacial score (nSPS) is 14.7. The summed E-state index contributed by atoms with van der Waals surface area (Å²) in [6.07, 6.45) is -0.447. The van der Waals surface area contributed by atoms with Gasteiger partial charge in [-0.2, -0.15) is 0 Å². The molecule has 0 fully saturated rings. The van der Waals surface area contributed by atoms with E-state index in [1.54, 1.807) is 0 Å². The Labute approximate surface area is 106 Å². The lowest BCUT2D eigenvalue weighted by atomic mass is 9.80. The molecule has 2 atom stereocenters. The maximum absolute atomic E-state index is 11.6. The van der Waals surface area contributed by atoms with Crippen molar-refractivity contribution in [2.75, 3.05) is 0 Å². The molecule has 0 aromatic carbocycles. The third kappa shape index (κ3) is 6.22. The molecule has 0 aromatic rings. The highest BCUT2D eigenvalue weighted by Gasteiger charge is 2.26. The predicted molar refractivity (Wildman–Crippen MR) is 65.1 cm³/mol. The van der Waals surface area contributed by atoms with Gasteiger partial charge in [0, 0.05) is 6.42 Å². The van der Waals surface area contributed by atoms with Gasteiger partial charge >= 0.3 is 11.9 Å². The van der Waals surface area contributed by atoms with Crippen LogP contribution in [0.15, 0.2) is 0 Å². The number of carboxylic acid groups (broad SMARTS) is 2. The van der Waals surface area contributed by atoms with Crippen LogP contribution in [-0.4, -0.2) is 34.1 Å². The average molecular weight is 259 g/mol. The molecule has 0 saturated heterocycles. The molecule has 0 saturated carbocycles. The first-order chi connectivity index (χ1) is 8.04. The Balaban J connectivity index is 4.44. The maximum Gasteiger partial charge on any atom is 0.326 e. The van der Waals surface area contributed by atoms with Gasteiger partial charge in [0.05, 0.1) is 6.42 Å². The molecule has 0 heterocycles. The van der Waals surface area contributed by atoms with E-state index < -0.39 is 30.3 Å². The Hall–Kier alpha value is -1.59. The minimum Gasteiger partial charge on any atom is -0.481 e. The van der Waals surface area contributed by atoms with Crippen LogP contribution in [0, 0.1) is 11.3 Å². The number of rotatable bonds is 6. The first-order valence-electron chi connectivity index (χ1n) is 5.78. The van der Waals surface area contributed by atoms with Crippen LogP contribution in [0.4, 0.5) is 0 Å². The fourth-order valence-corrected chi connectivity index (χ4v) is 1.21. The van der Waals surface area contributed by atoms with Crippen LogP contribution >= 0.6 is 0 Å². The van der Waals surface area contributed by atoms with Crippen molar-refractivity contribution in [3.63, 3.8) is 0 Å². The molecule has 0 spiro atoms. The summed E-state index contributed by atoms with van der Waals surface area (Å²) in [6, 6.07) is -1.37. The molecule has 0 radical (unpaired) electrons. The highest BCUT2D eigenvalue weighted by Crippen LogP contribution is 2.27. The number of hydrogen-bond donors (Lipinski definition) is 3. The summed E-state index contributed by atoms with van der Waals surface area (Å²) >= 11 is 0. The molecule has 18 heavy (non-hydrogen) atoms. The van der Waals surface area contributed by atoms with E-state index in [-0.39, 0.29) is 17.8 Å². The van der Waals surface area contributed by atoms with Gasteiger partial charge in [-0.05, 0) is 11.3 Å². The number of aliphatic carboxylic acids is 2. The van der Waals surface area contributed by atoms with Crippen molar-refractivity contribution in [3.8, 4) is 0 Å². The van der Waals surface area contributed by atoms with E-state index in [9.17, 15) is 14.4 Å². The summed E-state index contributed by atoms with van der Waals surface area (Å²) < 4.78 is 0. The van der Waals surface area contributed by atoms with Crippen LogP contribution in [0.1, 0.15) is 40.5 Å². The average Bonchev–Trinajstić information content (AvgIpc) is 2.13. The van der Waals surface area contributed by atoms with Gasteiger partial charge in [-0.1, -0.05) is 27.7 Å². The minimum absolute atomic E-state index is 0.0665. The topological polar surface area (TPSA) is 104 Å². The number of carboxylic acids is 2. The first kappa shape index (κ1) is 16.4. The molecule has 1 unspecified atom stereocenters. The van der Waals surface area contributed by atoms with Crippen molar-refractivity contribution in [2.24, 2.45) is 11.3 Å². The lowest BCUT2D eigenvalue weighted by Crippen LogP contribution is -2.43. The quantitative estimate of drug-likeness (QED) is 0.662. The van der Waals surface area contributed by atoms with E-state index in [1.165, 1.54) is 0 Å². The monoisotopic (exact) mass is 259 g/mol. The van der Waals surface area contributed by atoms with Crippen LogP contribution < -0.4 is 5.32 Å². The molecule has 1 amide bonds. The van der Waals surface area contributed by atoms with Gasteiger partial charge in [-0.3, -0.25) is 9.59 Å². The molecule has 6 heteroatoms. The standard InChI is InChI=1S/C12H21NO5/c1-7(12(2,3)4)5-9(14)13-8(11(17)18)6-10(15)16/h7-8H,5-6H2,1-4H3,(H,13,14)(H,15,16)(H,17,18)/t7?,8-/m0/s1. The van der Waals surface area contributed by atoms with Gasteiger partial charge in [0.1, 0.15) is 6.04 Å².